The third kappa shape index (κ3) is 6.70. The van der Waals surface area contributed by atoms with Crippen LogP contribution in [0.25, 0.3) is 44.0 Å². The Morgan fingerprint density at radius 2 is 1.36 bits per heavy atom. The van der Waals surface area contributed by atoms with E-state index >= 15 is 0 Å². The van der Waals surface area contributed by atoms with Gasteiger partial charge in [-0.15, -0.1) is 13.2 Å². The average Bonchev–Trinajstić information content (AvgIpc) is 3.42. The zero-order valence-corrected chi connectivity index (χ0v) is 25.2. The second kappa shape index (κ2) is 14.7. The third-order valence-electron chi connectivity index (χ3n) is 8.13. The quantitative estimate of drug-likeness (QED) is 0.0699. The van der Waals surface area contributed by atoms with Gasteiger partial charge >= 0.3 is 0 Å². The van der Waals surface area contributed by atoms with E-state index in [9.17, 15) is 0 Å². The summed E-state index contributed by atoms with van der Waals surface area (Å²) >= 11 is 0. The molecule has 0 fully saturated rings. The van der Waals surface area contributed by atoms with E-state index < -0.39 is 0 Å². The summed E-state index contributed by atoms with van der Waals surface area (Å²) in [4.78, 5) is 5.31. The molecule has 0 unspecified atom stereocenters. The van der Waals surface area contributed by atoms with E-state index in [1.165, 1.54) is 53.6 Å². The lowest BCUT2D eigenvalue weighted by atomic mass is 10.00. The second-order valence-corrected chi connectivity index (χ2v) is 11.2. The zero-order valence-electron chi connectivity index (χ0n) is 25.2. The molecule has 0 saturated carbocycles. The maximum atomic E-state index is 6.40. The van der Waals surface area contributed by atoms with Crippen molar-refractivity contribution >= 4 is 32.6 Å². The van der Waals surface area contributed by atoms with Crippen LogP contribution in [0.3, 0.4) is 0 Å². The fraction of sp³-hybridized carbons (Fsp3) is 0.342. The number of benzene rings is 4. The molecule has 1 heterocycles. The lowest BCUT2D eigenvalue weighted by Gasteiger charge is -2.18. The van der Waals surface area contributed by atoms with E-state index in [1.807, 2.05) is 12.2 Å². The Hall–Kier alpha value is -4.05. The monoisotopic (exact) mass is 559 g/mol. The molecule has 1 aromatic heterocycles. The van der Waals surface area contributed by atoms with E-state index in [0.29, 0.717) is 0 Å². The highest BCUT2D eigenvalue weighted by atomic mass is 16.5. The molecule has 5 rings (SSSR count). The molecule has 0 amide bonds. The smallest absolute Gasteiger partial charge is 0.159 e. The largest absolute Gasteiger partial charge is 0.490 e. The number of imidazole rings is 1. The van der Waals surface area contributed by atoms with Crippen molar-refractivity contribution in [2.45, 2.75) is 77.2 Å². The van der Waals surface area contributed by atoms with Crippen LogP contribution in [-0.2, 0) is 0 Å². The van der Waals surface area contributed by atoms with E-state index in [-0.39, 0.29) is 6.10 Å². The maximum absolute atomic E-state index is 6.40. The predicted octanol–water partition coefficient (Wildman–Crippen LogP) is 10.6. The molecule has 0 atom stereocenters. The minimum Gasteiger partial charge on any atom is -0.490 e. The van der Waals surface area contributed by atoms with Crippen molar-refractivity contribution in [2.24, 2.45) is 0 Å². The van der Waals surface area contributed by atoms with Gasteiger partial charge in [0.1, 0.15) is 5.75 Å². The number of hydrogen-bond acceptors (Lipinski definition) is 3. The summed E-state index contributed by atoms with van der Waals surface area (Å²) in [5.74, 6) is 1.81. The summed E-state index contributed by atoms with van der Waals surface area (Å²) in [6, 6.07) is 25.8. The van der Waals surface area contributed by atoms with Gasteiger partial charge < -0.3 is 10.2 Å². The Kier molecular flexibility index (Phi) is 10.3. The number of ether oxygens (including phenoxy) is 1. The van der Waals surface area contributed by atoms with Crippen LogP contribution in [0.15, 0.2) is 98.1 Å². The first-order valence-electron chi connectivity index (χ1n) is 15.8. The molecule has 1 N–H and O–H groups in total. The lowest BCUT2D eigenvalue weighted by molar-refractivity contribution is 0.183. The number of aromatic nitrogens is 2. The van der Waals surface area contributed by atoms with Crippen LogP contribution < -0.4 is 10.2 Å². The average molecular weight is 560 g/mol. The molecule has 0 aliphatic heterocycles. The number of nitrogens with zero attached hydrogens (tertiary/aromatic N) is 2. The summed E-state index contributed by atoms with van der Waals surface area (Å²) < 4.78 is 8.63. The van der Waals surface area contributed by atoms with Crippen molar-refractivity contribution in [3.05, 3.63) is 98.1 Å². The van der Waals surface area contributed by atoms with Gasteiger partial charge in [-0.1, -0.05) is 99.7 Å². The summed E-state index contributed by atoms with van der Waals surface area (Å²) in [5.41, 5.74) is 7.02. The Labute approximate surface area is 251 Å². The first-order valence-corrected chi connectivity index (χ1v) is 15.8. The Bertz CT molecular complexity index is 1600. The summed E-state index contributed by atoms with van der Waals surface area (Å²) in [6.45, 7) is 10.9. The second-order valence-electron chi connectivity index (χ2n) is 11.2. The van der Waals surface area contributed by atoms with Gasteiger partial charge in [-0.25, -0.2) is 9.66 Å². The number of hydrogen-bond donors (Lipinski definition) is 1. The highest BCUT2D eigenvalue weighted by Gasteiger charge is 2.19. The number of rotatable bonds is 17. The van der Waals surface area contributed by atoms with Gasteiger partial charge in [0.25, 0.3) is 0 Å². The van der Waals surface area contributed by atoms with Crippen LogP contribution in [0.4, 0.5) is 0 Å². The minimum absolute atomic E-state index is 0.146. The van der Waals surface area contributed by atoms with Gasteiger partial charge in [0.05, 0.1) is 17.1 Å². The van der Waals surface area contributed by atoms with Crippen LogP contribution in [0, 0.1) is 0 Å². The molecule has 0 spiro atoms. The van der Waals surface area contributed by atoms with Gasteiger partial charge in [-0.05, 0) is 67.1 Å². The van der Waals surface area contributed by atoms with Crippen LogP contribution in [0.5, 0.6) is 5.75 Å². The SMILES string of the molecule is C=CCCC(CCC=C)Oc1ccc(-c2nc3c4ccccc4c4ccccc4c3n2NCCCCCCCC)cc1. The van der Waals surface area contributed by atoms with Gasteiger partial charge in [0.15, 0.2) is 5.82 Å². The highest BCUT2D eigenvalue weighted by molar-refractivity contribution is 6.23. The molecule has 42 heavy (non-hydrogen) atoms. The minimum atomic E-state index is 0.146. The van der Waals surface area contributed by atoms with E-state index in [4.69, 9.17) is 9.72 Å². The molecular weight excluding hydrogens is 514 g/mol. The van der Waals surface area contributed by atoms with Gasteiger partial charge in [0, 0.05) is 22.9 Å². The molecule has 0 saturated heterocycles. The van der Waals surface area contributed by atoms with Crippen molar-refractivity contribution in [3.8, 4) is 17.1 Å². The molecule has 0 bridgehead atoms. The fourth-order valence-corrected chi connectivity index (χ4v) is 5.89. The van der Waals surface area contributed by atoms with Gasteiger partial charge in [-0.2, -0.15) is 0 Å². The topological polar surface area (TPSA) is 39.1 Å². The molecular formula is C38H45N3O. The van der Waals surface area contributed by atoms with Crippen molar-refractivity contribution in [1.29, 1.82) is 0 Å². The molecule has 0 aliphatic rings. The predicted molar refractivity (Wildman–Crippen MR) is 181 cm³/mol. The van der Waals surface area contributed by atoms with Crippen LogP contribution in [0.2, 0.25) is 0 Å². The van der Waals surface area contributed by atoms with Gasteiger partial charge in [0.2, 0.25) is 0 Å². The Morgan fingerprint density at radius 1 is 0.762 bits per heavy atom. The summed E-state index contributed by atoms with van der Waals surface area (Å²) in [5, 5.41) is 4.89. The maximum Gasteiger partial charge on any atom is 0.159 e. The number of nitrogens with one attached hydrogen (secondary N) is 1. The molecule has 0 aliphatic carbocycles. The van der Waals surface area contributed by atoms with Crippen LogP contribution >= 0.6 is 0 Å². The number of allylic oxidation sites excluding steroid dienone is 2. The van der Waals surface area contributed by atoms with E-state index in [1.54, 1.807) is 0 Å². The first kappa shape index (κ1) is 29.4. The van der Waals surface area contributed by atoms with Crippen LogP contribution in [-0.4, -0.2) is 22.3 Å². The number of unbranched alkanes of at least 4 members (excludes halogenated alkanes) is 5. The summed E-state index contributed by atoms with van der Waals surface area (Å²) in [6.07, 6.45) is 15.5. The normalized spacial score (nSPS) is 11.5. The molecule has 0 radical (unpaired) electrons. The van der Waals surface area contributed by atoms with E-state index in [0.717, 1.165) is 66.8 Å². The van der Waals surface area contributed by atoms with Gasteiger partial charge in [-0.3, -0.25) is 0 Å². The Balaban J connectivity index is 1.51. The van der Waals surface area contributed by atoms with Crippen molar-refractivity contribution in [2.75, 3.05) is 12.0 Å². The standard InChI is InChI=1S/C38H45N3O/c1-4-7-10-11-12-17-28-39-41-37-35-23-16-14-21-33(35)32-20-13-15-22-34(32)36(37)40-38(41)29-24-26-31(27-25-29)42-30(18-8-5-2)19-9-6-3/h5-6,13-16,20-27,30,39H,2-4,7-12,17-19,28H2,1H3. The molecule has 5 aromatic rings. The third-order valence-corrected chi connectivity index (χ3v) is 8.13. The first-order chi connectivity index (χ1) is 20.7. The van der Waals surface area contributed by atoms with E-state index in [2.05, 4.69) is 103 Å². The summed E-state index contributed by atoms with van der Waals surface area (Å²) in [7, 11) is 0. The van der Waals surface area contributed by atoms with Crippen molar-refractivity contribution in [1.82, 2.24) is 9.66 Å². The number of fused-ring (bicyclic) bond motifs is 6. The van der Waals surface area contributed by atoms with Crippen molar-refractivity contribution in [3.63, 3.8) is 0 Å². The van der Waals surface area contributed by atoms with Crippen molar-refractivity contribution < 1.29 is 4.74 Å². The Morgan fingerprint density at radius 3 is 2.02 bits per heavy atom. The molecule has 218 valence electrons. The zero-order chi connectivity index (χ0) is 29.1. The lowest BCUT2D eigenvalue weighted by Crippen LogP contribution is -2.17. The molecule has 4 nitrogen and oxygen atoms in total. The highest BCUT2D eigenvalue weighted by Crippen LogP contribution is 2.37. The fourth-order valence-electron chi connectivity index (χ4n) is 5.89. The molecule has 4 heteroatoms. The molecule has 4 aromatic carbocycles. The van der Waals surface area contributed by atoms with Crippen LogP contribution in [0.1, 0.15) is 71.1 Å².